The second-order valence-corrected chi connectivity index (χ2v) is 9.33. The number of amides is 2. The fourth-order valence-electron chi connectivity index (χ4n) is 3.67. The number of H-pyrrole nitrogens is 1. The highest BCUT2D eigenvalue weighted by atomic mass is 16.2. The Hall–Kier alpha value is -3.68. The number of nitrogens with two attached hydrogens (primary N) is 1. The quantitative estimate of drug-likeness (QED) is 0.547. The van der Waals surface area contributed by atoms with Gasteiger partial charge in [0.15, 0.2) is 5.78 Å². The van der Waals surface area contributed by atoms with Crippen LogP contribution in [-0.4, -0.2) is 38.6 Å². The molecule has 0 saturated carbocycles. The van der Waals surface area contributed by atoms with E-state index in [0.717, 1.165) is 11.1 Å². The van der Waals surface area contributed by atoms with E-state index in [1.165, 1.54) is 9.47 Å². The molecular formula is C25H30N4O4. The van der Waals surface area contributed by atoms with E-state index in [0.29, 0.717) is 16.6 Å². The number of hydrogen-bond acceptors (Lipinski definition) is 4. The zero-order chi connectivity index (χ0) is 24.3. The second kappa shape index (κ2) is 9.44. The number of rotatable bonds is 8. The summed E-state index contributed by atoms with van der Waals surface area (Å²) < 4.78 is 1.40. The Bertz CT molecular complexity index is 1250. The first-order chi connectivity index (χ1) is 15.5. The molecule has 8 heteroatoms. The summed E-state index contributed by atoms with van der Waals surface area (Å²) in [5, 5.41) is 0. The van der Waals surface area contributed by atoms with Crippen LogP contribution >= 0.6 is 0 Å². The van der Waals surface area contributed by atoms with E-state index in [2.05, 4.69) is 4.98 Å². The summed E-state index contributed by atoms with van der Waals surface area (Å²) in [6.07, 6.45) is -0.0374. The van der Waals surface area contributed by atoms with Gasteiger partial charge in [0.05, 0.1) is 30.5 Å². The van der Waals surface area contributed by atoms with Gasteiger partial charge in [0.2, 0.25) is 11.8 Å². The van der Waals surface area contributed by atoms with Gasteiger partial charge in [0.1, 0.15) is 0 Å². The summed E-state index contributed by atoms with van der Waals surface area (Å²) in [6, 6.07) is 12.9. The average molecular weight is 451 g/mol. The Morgan fingerprint density at radius 3 is 2.33 bits per heavy atom. The van der Waals surface area contributed by atoms with Gasteiger partial charge < -0.3 is 15.6 Å². The van der Waals surface area contributed by atoms with E-state index in [4.69, 9.17) is 5.73 Å². The van der Waals surface area contributed by atoms with Crippen molar-refractivity contribution < 1.29 is 14.4 Å². The van der Waals surface area contributed by atoms with Gasteiger partial charge in [-0.15, -0.1) is 0 Å². The maximum absolute atomic E-state index is 13.3. The number of ketones is 1. The van der Waals surface area contributed by atoms with Crippen LogP contribution in [0.15, 0.2) is 47.3 Å². The number of hydrogen-bond donors (Lipinski definition) is 2. The van der Waals surface area contributed by atoms with Gasteiger partial charge >= 0.3 is 5.69 Å². The second-order valence-electron chi connectivity index (χ2n) is 9.33. The molecule has 1 aromatic heterocycles. The van der Waals surface area contributed by atoms with Crippen LogP contribution in [0.2, 0.25) is 0 Å². The van der Waals surface area contributed by atoms with Crippen LogP contribution in [0.1, 0.15) is 37.5 Å². The maximum atomic E-state index is 13.3. The number of aromatic nitrogens is 2. The molecule has 0 saturated heterocycles. The van der Waals surface area contributed by atoms with E-state index in [-0.39, 0.29) is 37.7 Å². The van der Waals surface area contributed by atoms with Gasteiger partial charge in [0.25, 0.3) is 0 Å². The molecule has 33 heavy (non-hydrogen) atoms. The molecule has 0 radical (unpaired) electrons. The third-order valence-electron chi connectivity index (χ3n) is 5.66. The molecule has 0 aliphatic heterocycles. The summed E-state index contributed by atoms with van der Waals surface area (Å²) in [4.78, 5) is 54.5. The first-order valence-corrected chi connectivity index (χ1v) is 10.8. The van der Waals surface area contributed by atoms with Gasteiger partial charge in [-0.1, -0.05) is 57.2 Å². The van der Waals surface area contributed by atoms with Gasteiger partial charge in [-0.2, -0.15) is 0 Å². The number of carbonyl (C=O) groups is 3. The van der Waals surface area contributed by atoms with Crippen molar-refractivity contribution in [2.24, 2.45) is 11.1 Å². The molecule has 0 aliphatic rings. The molecule has 0 aliphatic carbocycles. The molecule has 0 spiro atoms. The largest absolute Gasteiger partial charge is 0.368 e. The fourth-order valence-corrected chi connectivity index (χ4v) is 3.67. The number of carbonyl (C=O) groups excluding carboxylic acids is 3. The lowest BCUT2D eigenvalue weighted by atomic mass is 9.91. The molecule has 0 unspecified atom stereocenters. The summed E-state index contributed by atoms with van der Waals surface area (Å²) in [5.74, 6) is -0.997. The molecule has 2 amide bonds. The highest BCUT2D eigenvalue weighted by molar-refractivity contribution is 5.91. The highest BCUT2D eigenvalue weighted by Crippen LogP contribution is 2.23. The third kappa shape index (κ3) is 5.58. The number of fused-ring (bicyclic) bond motifs is 1. The average Bonchev–Trinajstić information content (AvgIpc) is 3.04. The van der Waals surface area contributed by atoms with Crippen LogP contribution in [0.25, 0.3) is 11.0 Å². The zero-order valence-corrected chi connectivity index (χ0v) is 19.5. The van der Waals surface area contributed by atoms with Crippen molar-refractivity contribution in [1.82, 2.24) is 14.5 Å². The Morgan fingerprint density at radius 1 is 1.06 bits per heavy atom. The lowest BCUT2D eigenvalue weighted by molar-refractivity contribution is -0.135. The lowest BCUT2D eigenvalue weighted by Gasteiger charge is -2.22. The Balaban J connectivity index is 2.00. The minimum absolute atomic E-state index is 0.0374. The zero-order valence-electron chi connectivity index (χ0n) is 19.5. The van der Waals surface area contributed by atoms with Crippen LogP contribution in [0.3, 0.4) is 0 Å². The summed E-state index contributed by atoms with van der Waals surface area (Å²) in [7, 11) is 0. The Labute approximate surface area is 192 Å². The normalized spacial score (nSPS) is 11.5. The van der Waals surface area contributed by atoms with Crippen molar-refractivity contribution in [1.29, 1.82) is 0 Å². The fraction of sp³-hybridized carbons (Fsp3) is 0.360. The molecule has 3 rings (SSSR count). The number of benzene rings is 2. The van der Waals surface area contributed by atoms with Crippen molar-refractivity contribution in [3.05, 3.63) is 69.6 Å². The number of primary amides is 1. The number of imidazole rings is 1. The first-order valence-electron chi connectivity index (χ1n) is 10.8. The van der Waals surface area contributed by atoms with Crippen molar-refractivity contribution in [2.75, 3.05) is 6.54 Å². The summed E-state index contributed by atoms with van der Waals surface area (Å²) in [6.45, 7) is 7.18. The molecule has 2 aromatic carbocycles. The predicted octanol–water partition coefficient (Wildman–Crippen LogP) is 2.31. The number of aromatic amines is 1. The van der Waals surface area contributed by atoms with E-state index in [9.17, 15) is 19.2 Å². The van der Waals surface area contributed by atoms with E-state index in [1.54, 1.807) is 26.8 Å². The predicted molar refractivity (Wildman–Crippen MR) is 127 cm³/mol. The number of aryl methyl sites for hydroxylation is 1. The molecule has 0 fully saturated rings. The monoisotopic (exact) mass is 450 g/mol. The third-order valence-corrected chi connectivity index (χ3v) is 5.66. The van der Waals surface area contributed by atoms with E-state index >= 15 is 0 Å². The minimum Gasteiger partial charge on any atom is -0.368 e. The van der Waals surface area contributed by atoms with Crippen LogP contribution in [0.4, 0.5) is 0 Å². The number of nitrogens with one attached hydrogen (secondary N) is 1. The van der Waals surface area contributed by atoms with Crippen molar-refractivity contribution in [3.8, 4) is 0 Å². The molecular weight excluding hydrogens is 420 g/mol. The maximum Gasteiger partial charge on any atom is 0.326 e. The van der Waals surface area contributed by atoms with Crippen molar-refractivity contribution >= 4 is 28.6 Å². The van der Waals surface area contributed by atoms with Crippen molar-refractivity contribution in [3.63, 3.8) is 0 Å². The topological polar surface area (TPSA) is 118 Å². The molecule has 3 aromatic rings. The first kappa shape index (κ1) is 24.0. The standard InChI is InChI=1S/C25H30N4O4/c1-16-10-11-19-23(29(24(33)27-19)14-20(30)25(2,3)4)18(16)12-22(32)28(15-21(26)31)13-17-8-6-5-7-9-17/h5-11H,12-15H2,1-4H3,(H2,26,31)(H,27,33). The van der Waals surface area contributed by atoms with Gasteiger partial charge in [0, 0.05) is 12.0 Å². The molecule has 3 N–H and O–H groups in total. The number of nitrogens with zero attached hydrogens (tertiary/aromatic N) is 2. The molecule has 174 valence electrons. The van der Waals surface area contributed by atoms with Crippen LogP contribution < -0.4 is 11.4 Å². The smallest absolute Gasteiger partial charge is 0.326 e. The molecule has 8 nitrogen and oxygen atoms in total. The van der Waals surface area contributed by atoms with Crippen LogP contribution in [0.5, 0.6) is 0 Å². The Kier molecular flexibility index (Phi) is 6.86. The molecule has 0 bridgehead atoms. The SMILES string of the molecule is Cc1ccc2[nH]c(=O)n(CC(=O)C(C)(C)C)c2c1CC(=O)N(CC(N)=O)Cc1ccccc1. The lowest BCUT2D eigenvalue weighted by Crippen LogP contribution is -2.39. The van der Waals surface area contributed by atoms with Crippen molar-refractivity contribution in [2.45, 2.75) is 47.2 Å². The molecule has 1 heterocycles. The van der Waals surface area contributed by atoms with Crippen LogP contribution in [-0.2, 0) is 33.9 Å². The molecule has 0 atom stereocenters. The highest BCUT2D eigenvalue weighted by Gasteiger charge is 2.25. The minimum atomic E-state index is -0.614. The van der Waals surface area contributed by atoms with Crippen LogP contribution in [0, 0.1) is 12.3 Å². The van der Waals surface area contributed by atoms with E-state index in [1.807, 2.05) is 43.3 Å². The van der Waals surface area contributed by atoms with E-state index < -0.39 is 17.0 Å². The number of Topliss-reactive ketones (excluding diaryl/α,β-unsaturated/α-hetero) is 1. The van der Waals surface area contributed by atoms with Gasteiger partial charge in [-0.05, 0) is 29.7 Å². The summed E-state index contributed by atoms with van der Waals surface area (Å²) >= 11 is 0. The summed E-state index contributed by atoms with van der Waals surface area (Å²) in [5.41, 5.74) is 7.79. The Morgan fingerprint density at radius 2 is 1.73 bits per heavy atom. The van der Waals surface area contributed by atoms with Gasteiger partial charge in [-0.25, -0.2) is 4.79 Å². The van der Waals surface area contributed by atoms with Gasteiger partial charge in [-0.3, -0.25) is 19.0 Å².